The van der Waals surface area contributed by atoms with Crippen molar-refractivity contribution in [1.82, 2.24) is 0 Å². The van der Waals surface area contributed by atoms with E-state index in [1.54, 1.807) is 25.3 Å². The largest absolute Gasteiger partial charge is 0.493 e. The molecule has 0 amide bonds. The number of ether oxygens (including phenoxy) is 2. The van der Waals surface area contributed by atoms with Gasteiger partial charge in [0.05, 0.1) is 19.6 Å². The van der Waals surface area contributed by atoms with Crippen molar-refractivity contribution in [2.45, 2.75) is 19.3 Å². The van der Waals surface area contributed by atoms with Gasteiger partial charge in [0.2, 0.25) is 0 Å². The zero-order chi connectivity index (χ0) is 16.8. The maximum absolute atomic E-state index is 13.0. The van der Waals surface area contributed by atoms with Gasteiger partial charge >= 0.3 is 5.97 Å². The van der Waals surface area contributed by atoms with E-state index in [4.69, 9.17) is 9.47 Å². The summed E-state index contributed by atoms with van der Waals surface area (Å²) in [6, 6.07) is 10.9. The third kappa shape index (κ3) is 4.22. The van der Waals surface area contributed by atoms with E-state index >= 15 is 0 Å². The van der Waals surface area contributed by atoms with Crippen LogP contribution in [0.3, 0.4) is 0 Å². The summed E-state index contributed by atoms with van der Waals surface area (Å²) in [4.78, 5) is 11.6. The molecule has 2 aromatic carbocycles. The number of rotatable bonds is 7. The highest BCUT2D eigenvalue weighted by molar-refractivity contribution is 5.76. The molecule has 122 valence electrons. The fourth-order valence-electron chi connectivity index (χ4n) is 2.39. The summed E-state index contributed by atoms with van der Waals surface area (Å²) in [6.45, 7) is 2.35. The van der Waals surface area contributed by atoms with E-state index in [1.165, 1.54) is 24.3 Å². The molecule has 4 nitrogen and oxygen atoms in total. The minimum absolute atomic E-state index is 0.283. The predicted molar refractivity (Wildman–Crippen MR) is 84.6 cm³/mol. The molecule has 0 aliphatic heterocycles. The summed E-state index contributed by atoms with van der Waals surface area (Å²) in [5.41, 5.74) is 1.37. The van der Waals surface area contributed by atoms with Gasteiger partial charge in [0.1, 0.15) is 5.82 Å². The molecule has 0 aliphatic carbocycles. The highest BCUT2D eigenvalue weighted by atomic mass is 19.1. The minimum Gasteiger partial charge on any atom is -0.493 e. The van der Waals surface area contributed by atoms with Crippen molar-refractivity contribution in [2.24, 2.45) is 0 Å². The average molecular weight is 318 g/mol. The lowest BCUT2D eigenvalue weighted by Gasteiger charge is -2.15. The van der Waals surface area contributed by atoms with Crippen molar-refractivity contribution in [3.05, 3.63) is 59.4 Å². The van der Waals surface area contributed by atoms with Gasteiger partial charge < -0.3 is 14.6 Å². The zero-order valence-electron chi connectivity index (χ0n) is 13.1. The van der Waals surface area contributed by atoms with Crippen molar-refractivity contribution < 1.29 is 23.8 Å². The third-order valence-electron chi connectivity index (χ3n) is 3.54. The van der Waals surface area contributed by atoms with Crippen LogP contribution in [0.5, 0.6) is 11.5 Å². The maximum atomic E-state index is 13.0. The van der Waals surface area contributed by atoms with Crippen molar-refractivity contribution in [3.8, 4) is 11.5 Å². The molecule has 0 aromatic heterocycles. The van der Waals surface area contributed by atoms with Gasteiger partial charge in [-0.3, -0.25) is 4.79 Å². The molecule has 5 heteroatoms. The van der Waals surface area contributed by atoms with Crippen molar-refractivity contribution in [1.29, 1.82) is 0 Å². The van der Waals surface area contributed by atoms with Crippen LogP contribution in [0.15, 0.2) is 42.5 Å². The third-order valence-corrected chi connectivity index (χ3v) is 3.54. The number of carboxylic acid groups (broad SMARTS) is 1. The van der Waals surface area contributed by atoms with Gasteiger partial charge in [-0.1, -0.05) is 18.2 Å². The number of methoxy groups -OCH3 is 1. The Balaban J connectivity index is 2.28. The lowest BCUT2D eigenvalue weighted by atomic mass is 9.92. The van der Waals surface area contributed by atoms with E-state index in [1.807, 2.05) is 6.92 Å². The molecular weight excluding hydrogens is 299 g/mol. The lowest BCUT2D eigenvalue weighted by Crippen LogP contribution is -2.14. The van der Waals surface area contributed by atoms with E-state index in [0.717, 1.165) is 5.56 Å². The number of hydrogen-bond acceptors (Lipinski definition) is 3. The molecule has 0 spiro atoms. The molecule has 0 fully saturated rings. The van der Waals surface area contributed by atoms with Crippen molar-refractivity contribution >= 4 is 5.97 Å². The van der Waals surface area contributed by atoms with E-state index in [9.17, 15) is 14.3 Å². The van der Waals surface area contributed by atoms with Crippen LogP contribution in [0.4, 0.5) is 4.39 Å². The van der Waals surface area contributed by atoms with Crippen LogP contribution in [-0.2, 0) is 11.2 Å². The Labute approximate surface area is 134 Å². The summed E-state index contributed by atoms with van der Waals surface area (Å²) in [5.74, 6) is -0.912. The van der Waals surface area contributed by atoms with E-state index in [2.05, 4.69) is 0 Å². The van der Waals surface area contributed by atoms with Gasteiger partial charge in [0, 0.05) is 0 Å². The SMILES string of the molecule is CCOc1cc(CC(C(=O)O)c2ccc(F)cc2)ccc1OC. The summed E-state index contributed by atoms with van der Waals surface area (Å²) in [6.07, 6.45) is 0.283. The molecular formula is C18H19FO4. The number of benzene rings is 2. The molecule has 0 bridgehead atoms. The molecule has 0 saturated heterocycles. The van der Waals surface area contributed by atoms with Crippen molar-refractivity contribution in [3.63, 3.8) is 0 Å². The summed E-state index contributed by atoms with van der Waals surface area (Å²) in [5, 5.41) is 9.48. The Morgan fingerprint density at radius 3 is 2.43 bits per heavy atom. The van der Waals surface area contributed by atoms with E-state index in [-0.39, 0.29) is 12.2 Å². The number of carbonyl (C=O) groups is 1. The van der Waals surface area contributed by atoms with Crippen LogP contribution < -0.4 is 9.47 Å². The molecule has 1 atom stereocenters. The second kappa shape index (κ2) is 7.63. The fourth-order valence-corrected chi connectivity index (χ4v) is 2.39. The molecule has 0 aliphatic rings. The zero-order valence-corrected chi connectivity index (χ0v) is 13.1. The quantitative estimate of drug-likeness (QED) is 0.847. The smallest absolute Gasteiger partial charge is 0.311 e. The molecule has 2 aromatic rings. The highest BCUT2D eigenvalue weighted by Crippen LogP contribution is 2.30. The van der Waals surface area contributed by atoms with Gasteiger partial charge in [-0.2, -0.15) is 0 Å². The number of hydrogen-bond donors (Lipinski definition) is 1. The Morgan fingerprint density at radius 2 is 1.87 bits per heavy atom. The monoisotopic (exact) mass is 318 g/mol. The van der Waals surface area contributed by atoms with Crippen LogP contribution in [-0.4, -0.2) is 24.8 Å². The topological polar surface area (TPSA) is 55.8 Å². The summed E-state index contributed by atoms with van der Waals surface area (Å²) >= 11 is 0. The van der Waals surface area contributed by atoms with Crippen molar-refractivity contribution in [2.75, 3.05) is 13.7 Å². The maximum Gasteiger partial charge on any atom is 0.311 e. The molecule has 1 unspecified atom stereocenters. The molecule has 0 saturated carbocycles. The van der Waals surface area contributed by atoms with Crippen LogP contribution in [0.1, 0.15) is 24.0 Å². The minimum atomic E-state index is -0.953. The number of aliphatic carboxylic acids is 1. The van der Waals surface area contributed by atoms with Crippen LogP contribution in [0.2, 0.25) is 0 Å². The van der Waals surface area contributed by atoms with Crippen LogP contribution in [0, 0.1) is 5.82 Å². The molecule has 0 heterocycles. The molecule has 0 radical (unpaired) electrons. The van der Waals surface area contributed by atoms with Gasteiger partial charge in [-0.05, 0) is 48.7 Å². The second-order valence-corrected chi connectivity index (χ2v) is 5.06. The predicted octanol–water partition coefficient (Wildman–Crippen LogP) is 3.64. The molecule has 23 heavy (non-hydrogen) atoms. The molecule has 1 N–H and O–H groups in total. The van der Waals surface area contributed by atoms with E-state index < -0.39 is 11.9 Å². The molecule has 2 rings (SSSR count). The first kappa shape index (κ1) is 16.8. The van der Waals surface area contributed by atoms with Crippen LogP contribution in [0.25, 0.3) is 0 Å². The number of carboxylic acids is 1. The first-order chi connectivity index (χ1) is 11.0. The Bertz CT molecular complexity index is 667. The standard InChI is InChI=1S/C18H19FO4/c1-3-23-17-11-12(4-9-16(17)22-2)10-15(18(20)21)13-5-7-14(19)8-6-13/h4-9,11,15H,3,10H2,1-2H3,(H,20,21). The van der Waals surface area contributed by atoms with Gasteiger partial charge in [0.25, 0.3) is 0 Å². The lowest BCUT2D eigenvalue weighted by molar-refractivity contribution is -0.138. The fraction of sp³-hybridized carbons (Fsp3) is 0.278. The van der Waals surface area contributed by atoms with Gasteiger partial charge in [0.15, 0.2) is 11.5 Å². The average Bonchev–Trinajstić information content (AvgIpc) is 2.54. The first-order valence-electron chi connectivity index (χ1n) is 7.33. The van der Waals surface area contributed by atoms with E-state index in [0.29, 0.717) is 23.7 Å². The van der Waals surface area contributed by atoms with Crippen LogP contribution >= 0.6 is 0 Å². The Kier molecular flexibility index (Phi) is 5.57. The first-order valence-corrected chi connectivity index (χ1v) is 7.33. The Morgan fingerprint density at radius 1 is 1.17 bits per heavy atom. The van der Waals surface area contributed by atoms with Gasteiger partial charge in [-0.25, -0.2) is 4.39 Å². The normalized spacial score (nSPS) is 11.8. The highest BCUT2D eigenvalue weighted by Gasteiger charge is 2.21. The summed E-state index contributed by atoms with van der Waals surface area (Å²) < 4.78 is 23.8. The van der Waals surface area contributed by atoms with Gasteiger partial charge in [-0.15, -0.1) is 0 Å². The number of halogens is 1. The second-order valence-electron chi connectivity index (χ2n) is 5.06. The summed E-state index contributed by atoms with van der Waals surface area (Å²) in [7, 11) is 1.55. The Hall–Kier alpha value is -2.56.